The summed E-state index contributed by atoms with van der Waals surface area (Å²) in [5.74, 6) is 1.11. The third-order valence-electron chi connectivity index (χ3n) is 3.33. The highest BCUT2D eigenvalue weighted by Gasteiger charge is 2.40. The molecule has 1 heterocycles. The zero-order chi connectivity index (χ0) is 9.47. The first-order valence-corrected chi connectivity index (χ1v) is 4.92. The Morgan fingerprint density at radius 3 is 2.46 bits per heavy atom. The van der Waals surface area contributed by atoms with E-state index in [9.17, 15) is 0 Å². The Labute approximate surface area is 78.7 Å². The number of aromatic amines is 1. The van der Waals surface area contributed by atoms with Crippen molar-refractivity contribution in [2.75, 3.05) is 6.54 Å². The fourth-order valence-electron chi connectivity index (χ4n) is 1.94. The Bertz CT molecular complexity index is 285. The molecule has 1 saturated carbocycles. The van der Waals surface area contributed by atoms with Crippen molar-refractivity contribution in [2.45, 2.75) is 38.5 Å². The molecule has 2 rings (SSSR count). The van der Waals surface area contributed by atoms with E-state index in [1.165, 1.54) is 25.0 Å². The van der Waals surface area contributed by atoms with Gasteiger partial charge < -0.3 is 10.7 Å². The summed E-state index contributed by atoms with van der Waals surface area (Å²) in [7, 11) is 0. The molecule has 1 fully saturated rings. The third kappa shape index (κ3) is 1.18. The Hall–Kier alpha value is -0.830. The van der Waals surface area contributed by atoms with Crippen LogP contribution in [0.3, 0.4) is 0 Å². The molecule has 1 aliphatic carbocycles. The van der Waals surface area contributed by atoms with Gasteiger partial charge in [-0.15, -0.1) is 0 Å². The summed E-state index contributed by atoms with van der Waals surface area (Å²) < 4.78 is 0. The Morgan fingerprint density at radius 2 is 2.15 bits per heavy atom. The largest absolute Gasteiger partial charge is 0.345 e. The average Bonchev–Trinajstić information content (AvgIpc) is 2.31. The van der Waals surface area contributed by atoms with Crippen molar-refractivity contribution in [2.24, 2.45) is 5.73 Å². The molecule has 1 aromatic heterocycles. The lowest BCUT2D eigenvalue weighted by Crippen LogP contribution is -2.42. The molecule has 0 radical (unpaired) electrons. The monoisotopic (exact) mass is 179 g/mol. The van der Waals surface area contributed by atoms with Crippen molar-refractivity contribution in [3.63, 3.8) is 0 Å². The molecular formula is C10H17N3. The number of nitrogens with one attached hydrogen (secondary N) is 1. The zero-order valence-electron chi connectivity index (χ0n) is 8.35. The van der Waals surface area contributed by atoms with E-state index in [-0.39, 0.29) is 5.41 Å². The minimum absolute atomic E-state index is 0.180. The number of hydrogen-bond acceptors (Lipinski definition) is 2. The molecule has 0 amide bonds. The second-order valence-electron chi connectivity index (χ2n) is 4.13. The second-order valence-corrected chi connectivity index (χ2v) is 4.13. The normalized spacial score (nSPS) is 19.9. The SMILES string of the molecule is Cc1nc(C2(CN)CCC2)[nH]c1C. The number of nitrogens with two attached hydrogens (primary N) is 1. The highest BCUT2D eigenvalue weighted by atomic mass is 15.0. The molecule has 0 unspecified atom stereocenters. The Morgan fingerprint density at radius 1 is 1.46 bits per heavy atom. The average molecular weight is 179 g/mol. The Balaban J connectivity index is 2.33. The van der Waals surface area contributed by atoms with Crippen LogP contribution in [0.5, 0.6) is 0 Å². The van der Waals surface area contributed by atoms with Crippen LogP contribution in [0.25, 0.3) is 0 Å². The smallest absolute Gasteiger partial charge is 0.114 e. The van der Waals surface area contributed by atoms with Gasteiger partial charge in [0, 0.05) is 17.7 Å². The quantitative estimate of drug-likeness (QED) is 0.721. The number of hydrogen-bond donors (Lipinski definition) is 2. The highest BCUT2D eigenvalue weighted by molar-refractivity contribution is 5.20. The Kier molecular flexibility index (Phi) is 1.91. The molecule has 0 bridgehead atoms. The number of aromatic nitrogens is 2. The van der Waals surface area contributed by atoms with Crippen LogP contribution < -0.4 is 5.73 Å². The number of imidazole rings is 1. The molecule has 1 aliphatic rings. The van der Waals surface area contributed by atoms with Crippen LogP contribution >= 0.6 is 0 Å². The van der Waals surface area contributed by atoms with Gasteiger partial charge in [0.25, 0.3) is 0 Å². The van der Waals surface area contributed by atoms with E-state index in [2.05, 4.69) is 16.9 Å². The van der Waals surface area contributed by atoms with E-state index < -0.39 is 0 Å². The minimum Gasteiger partial charge on any atom is -0.345 e. The van der Waals surface area contributed by atoms with E-state index >= 15 is 0 Å². The van der Waals surface area contributed by atoms with Crippen molar-refractivity contribution in [1.29, 1.82) is 0 Å². The maximum Gasteiger partial charge on any atom is 0.114 e. The summed E-state index contributed by atoms with van der Waals surface area (Å²) in [5.41, 5.74) is 8.26. The number of nitrogens with zero attached hydrogens (tertiary/aromatic N) is 1. The first-order valence-electron chi connectivity index (χ1n) is 4.92. The lowest BCUT2D eigenvalue weighted by Gasteiger charge is -2.39. The van der Waals surface area contributed by atoms with Crippen LogP contribution in [0.4, 0.5) is 0 Å². The molecule has 0 atom stereocenters. The molecular weight excluding hydrogens is 162 g/mol. The molecule has 0 aromatic carbocycles. The minimum atomic E-state index is 0.180. The summed E-state index contributed by atoms with van der Waals surface area (Å²) in [6.45, 7) is 4.83. The standard InChI is InChI=1S/C10H17N3/c1-7-8(2)13-9(12-7)10(6-11)4-3-5-10/h3-6,11H2,1-2H3,(H,12,13). The van der Waals surface area contributed by atoms with Gasteiger partial charge in [-0.05, 0) is 26.7 Å². The molecule has 72 valence electrons. The van der Waals surface area contributed by atoms with Crippen molar-refractivity contribution in [3.8, 4) is 0 Å². The molecule has 0 aliphatic heterocycles. The van der Waals surface area contributed by atoms with Gasteiger partial charge in [-0.3, -0.25) is 0 Å². The lowest BCUT2D eigenvalue weighted by molar-refractivity contribution is 0.239. The summed E-state index contributed by atoms with van der Waals surface area (Å²) in [5, 5.41) is 0. The predicted molar refractivity (Wildman–Crippen MR) is 52.6 cm³/mol. The first kappa shape index (κ1) is 8.75. The van der Waals surface area contributed by atoms with Crippen molar-refractivity contribution in [1.82, 2.24) is 9.97 Å². The maximum absolute atomic E-state index is 5.80. The van der Waals surface area contributed by atoms with Crippen LogP contribution in [-0.4, -0.2) is 16.5 Å². The predicted octanol–water partition coefficient (Wildman–Crippen LogP) is 1.41. The highest BCUT2D eigenvalue weighted by Crippen LogP contribution is 2.41. The first-order chi connectivity index (χ1) is 6.18. The van der Waals surface area contributed by atoms with Crippen molar-refractivity contribution >= 4 is 0 Å². The molecule has 3 heteroatoms. The lowest BCUT2D eigenvalue weighted by atomic mass is 9.68. The van der Waals surface area contributed by atoms with E-state index in [4.69, 9.17) is 5.73 Å². The molecule has 3 N–H and O–H groups in total. The molecule has 1 aromatic rings. The van der Waals surface area contributed by atoms with Gasteiger partial charge in [0.05, 0.1) is 5.69 Å². The number of rotatable bonds is 2. The topological polar surface area (TPSA) is 54.7 Å². The summed E-state index contributed by atoms with van der Waals surface area (Å²) in [6, 6.07) is 0. The van der Waals surface area contributed by atoms with Crippen molar-refractivity contribution < 1.29 is 0 Å². The number of aryl methyl sites for hydroxylation is 2. The van der Waals surface area contributed by atoms with Gasteiger partial charge in [0.1, 0.15) is 5.82 Å². The third-order valence-corrected chi connectivity index (χ3v) is 3.33. The molecule has 3 nitrogen and oxygen atoms in total. The summed E-state index contributed by atoms with van der Waals surface area (Å²) >= 11 is 0. The van der Waals surface area contributed by atoms with Crippen LogP contribution in [0.2, 0.25) is 0 Å². The van der Waals surface area contributed by atoms with Gasteiger partial charge in [-0.1, -0.05) is 6.42 Å². The van der Waals surface area contributed by atoms with Crippen LogP contribution in [0.1, 0.15) is 36.5 Å². The zero-order valence-corrected chi connectivity index (χ0v) is 8.35. The van der Waals surface area contributed by atoms with Gasteiger partial charge in [-0.25, -0.2) is 4.98 Å². The molecule has 0 saturated heterocycles. The van der Waals surface area contributed by atoms with E-state index in [1.54, 1.807) is 0 Å². The van der Waals surface area contributed by atoms with E-state index in [1.807, 2.05) is 6.92 Å². The summed E-state index contributed by atoms with van der Waals surface area (Å²) in [4.78, 5) is 7.89. The van der Waals surface area contributed by atoms with Gasteiger partial charge in [0.15, 0.2) is 0 Å². The van der Waals surface area contributed by atoms with Gasteiger partial charge in [0.2, 0.25) is 0 Å². The maximum atomic E-state index is 5.80. The van der Waals surface area contributed by atoms with Gasteiger partial charge in [-0.2, -0.15) is 0 Å². The van der Waals surface area contributed by atoms with Crippen LogP contribution in [-0.2, 0) is 5.41 Å². The van der Waals surface area contributed by atoms with Crippen LogP contribution in [0.15, 0.2) is 0 Å². The van der Waals surface area contributed by atoms with Gasteiger partial charge >= 0.3 is 0 Å². The second kappa shape index (κ2) is 2.84. The molecule has 13 heavy (non-hydrogen) atoms. The van der Waals surface area contributed by atoms with Crippen LogP contribution in [0, 0.1) is 13.8 Å². The van der Waals surface area contributed by atoms with Crippen molar-refractivity contribution in [3.05, 3.63) is 17.2 Å². The fraction of sp³-hybridized carbons (Fsp3) is 0.700. The van der Waals surface area contributed by atoms with E-state index in [0.29, 0.717) is 0 Å². The van der Waals surface area contributed by atoms with E-state index in [0.717, 1.165) is 18.1 Å². The number of H-pyrrole nitrogens is 1. The fourth-order valence-corrected chi connectivity index (χ4v) is 1.94. The molecule has 0 spiro atoms. The summed E-state index contributed by atoms with van der Waals surface area (Å²) in [6.07, 6.45) is 3.67.